The number of nitrogens with one attached hydrogen (secondary N) is 1. The summed E-state index contributed by atoms with van der Waals surface area (Å²) in [7, 11) is -4.22. The van der Waals surface area contributed by atoms with Gasteiger partial charge in [-0.15, -0.1) is 0 Å². The molecule has 1 unspecified atom stereocenters. The Labute approximate surface area is 271 Å². The van der Waals surface area contributed by atoms with Gasteiger partial charge in [0.25, 0.3) is 10.0 Å². The Morgan fingerprint density at radius 1 is 0.822 bits per heavy atom. The van der Waals surface area contributed by atoms with E-state index in [4.69, 9.17) is 11.6 Å². The highest BCUT2D eigenvalue weighted by atomic mass is 35.5. The zero-order valence-corrected chi connectivity index (χ0v) is 27.5. The molecular formula is C36H40ClN3O4S. The van der Waals surface area contributed by atoms with E-state index < -0.39 is 28.5 Å². The quantitative estimate of drug-likeness (QED) is 0.155. The molecule has 9 heteroatoms. The predicted molar refractivity (Wildman–Crippen MR) is 181 cm³/mol. The van der Waals surface area contributed by atoms with E-state index in [0.717, 1.165) is 39.4 Å². The number of amides is 2. The van der Waals surface area contributed by atoms with Gasteiger partial charge in [-0.05, 0) is 55.7 Å². The number of nitrogens with zero attached hydrogens (tertiary/aromatic N) is 2. The number of anilines is 1. The van der Waals surface area contributed by atoms with Crippen LogP contribution in [0.15, 0.2) is 108 Å². The van der Waals surface area contributed by atoms with Crippen LogP contribution in [0.4, 0.5) is 5.69 Å². The minimum atomic E-state index is -4.22. The summed E-state index contributed by atoms with van der Waals surface area (Å²) in [5.74, 6) is -0.822. The molecule has 7 nitrogen and oxygen atoms in total. The van der Waals surface area contributed by atoms with Crippen LogP contribution >= 0.6 is 11.6 Å². The van der Waals surface area contributed by atoms with Crippen LogP contribution < -0.4 is 9.62 Å². The molecule has 0 aliphatic heterocycles. The highest BCUT2D eigenvalue weighted by Gasteiger charge is 2.35. The second kappa shape index (κ2) is 15.7. The van der Waals surface area contributed by atoms with Crippen molar-refractivity contribution in [1.29, 1.82) is 0 Å². The van der Waals surface area contributed by atoms with Crippen molar-refractivity contribution >= 4 is 39.1 Å². The molecule has 0 saturated carbocycles. The van der Waals surface area contributed by atoms with Crippen LogP contribution in [0.3, 0.4) is 0 Å². The number of hydrogen-bond donors (Lipinski definition) is 1. The maximum atomic E-state index is 14.5. The van der Waals surface area contributed by atoms with Crippen molar-refractivity contribution in [3.63, 3.8) is 0 Å². The second-order valence-corrected chi connectivity index (χ2v) is 13.4. The van der Waals surface area contributed by atoms with Gasteiger partial charge >= 0.3 is 0 Å². The largest absolute Gasteiger partial charge is 0.354 e. The Hall–Kier alpha value is -4.14. The summed E-state index contributed by atoms with van der Waals surface area (Å²) < 4.78 is 29.3. The minimum absolute atomic E-state index is 0.0317. The van der Waals surface area contributed by atoms with Gasteiger partial charge in [0.2, 0.25) is 11.8 Å². The first-order valence-electron chi connectivity index (χ1n) is 15.1. The fourth-order valence-corrected chi connectivity index (χ4v) is 6.79. The van der Waals surface area contributed by atoms with E-state index in [1.165, 1.54) is 17.0 Å². The molecule has 0 bridgehead atoms. The van der Waals surface area contributed by atoms with Crippen molar-refractivity contribution in [2.75, 3.05) is 17.4 Å². The van der Waals surface area contributed by atoms with Crippen molar-refractivity contribution in [2.45, 2.75) is 57.5 Å². The first kappa shape index (κ1) is 33.7. The first-order valence-corrected chi connectivity index (χ1v) is 16.9. The van der Waals surface area contributed by atoms with Crippen molar-refractivity contribution in [1.82, 2.24) is 10.2 Å². The zero-order chi connectivity index (χ0) is 32.4. The Balaban J connectivity index is 1.80. The molecule has 0 saturated heterocycles. The Bertz CT molecular complexity index is 1700. The maximum absolute atomic E-state index is 14.5. The van der Waals surface area contributed by atoms with Crippen molar-refractivity contribution < 1.29 is 18.0 Å². The van der Waals surface area contributed by atoms with E-state index in [-0.39, 0.29) is 34.5 Å². The lowest BCUT2D eigenvalue weighted by Gasteiger charge is -2.34. The summed E-state index contributed by atoms with van der Waals surface area (Å²) in [6.45, 7) is 5.90. The third kappa shape index (κ3) is 8.96. The van der Waals surface area contributed by atoms with Crippen LogP contribution in [-0.4, -0.2) is 44.3 Å². The van der Waals surface area contributed by atoms with Gasteiger partial charge in [-0.1, -0.05) is 115 Å². The third-order valence-electron chi connectivity index (χ3n) is 7.55. The standard InChI is InChI=1S/C36H40ClN3O4S/c1-4-5-22-38-36(42)34(24-29-13-7-6-8-14-29)39(25-30-15-11-12-28(3)23-30)35(41)26-40(33-17-10-9-16-32(33)37)45(43,44)31-20-18-27(2)19-21-31/h6-21,23,34H,4-5,22,24-26H2,1-3H3,(H,38,42). The van der Waals surface area contributed by atoms with Crippen LogP contribution in [-0.2, 0) is 32.6 Å². The summed E-state index contributed by atoms with van der Waals surface area (Å²) in [6.07, 6.45) is 1.96. The van der Waals surface area contributed by atoms with Crippen LogP contribution in [0.1, 0.15) is 42.0 Å². The van der Waals surface area contributed by atoms with Gasteiger partial charge in [-0.25, -0.2) is 8.42 Å². The summed E-state index contributed by atoms with van der Waals surface area (Å²) in [6, 6.07) is 29.3. The predicted octanol–water partition coefficient (Wildman–Crippen LogP) is 6.71. The molecule has 2 amide bonds. The number of para-hydroxylation sites is 1. The number of benzene rings is 4. The molecule has 4 aromatic rings. The molecule has 45 heavy (non-hydrogen) atoms. The smallest absolute Gasteiger partial charge is 0.264 e. The molecule has 0 aliphatic rings. The van der Waals surface area contributed by atoms with Gasteiger partial charge in [-0.3, -0.25) is 13.9 Å². The molecule has 0 aromatic heterocycles. The van der Waals surface area contributed by atoms with Gasteiger partial charge in [0.15, 0.2) is 0 Å². The van der Waals surface area contributed by atoms with E-state index in [2.05, 4.69) is 5.32 Å². The summed E-state index contributed by atoms with van der Waals surface area (Å²) in [5, 5.41) is 3.19. The molecule has 0 fully saturated rings. The van der Waals surface area contributed by atoms with Crippen LogP contribution in [0.25, 0.3) is 0 Å². The fraction of sp³-hybridized carbons (Fsp3) is 0.278. The van der Waals surface area contributed by atoms with Gasteiger partial charge in [0.05, 0.1) is 15.6 Å². The van der Waals surface area contributed by atoms with Crippen molar-refractivity contribution in [3.05, 3.63) is 130 Å². The molecule has 0 heterocycles. The number of sulfonamides is 1. The van der Waals surface area contributed by atoms with Crippen LogP contribution in [0.2, 0.25) is 5.02 Å². The van der Waals surface area contributed by atoms with Crippen LogP contribution in [0.5, 0.6) is 0 Å². The number of halogens is 1. The molecule has 1 atom stereocenters. The first-order chi connectivity index (χ1) is 21.6. The number of rotatable bonds is 14. The number of hydrogen-bond acceptors (Lipinski definition) is 4. The molecule has 1 N–H and O–H groups in total. The molecule has 0 spiro atoms. The zero-order valence-electron chi connectivity index (χ0n) is 25.9. The number of carbonyl (C=O) groups excluding carboxylic acids is 2. The molecule has 236 valence electrons. The van der Waals surface area contributed by atoms with Gasteiger partial charge in [0, 0.05) is 19.5 Å². The normalized spacial score (nSPS) is 11.9. The second-order valence-electron chi connectivity index (χ2n) is 11.1. The summed E-state index contributed by atoms with van der Waals surface area (Å²) in [5.41, 5.74) is 3.79. The lowest BCUT2D eigenvalue weighted by atomic mass is 10.0. The SMILES string of the molecule is CCCCNC(=O)C(Cc1ccccc1)N(Cc1cccc(C)c1)C(=O)CN(c1ccccc1Cl)S(=O)(=O)c1ccc(C)cc1. The molecule has 4 aromatic carbocycles. The van der Waals surface area contributed by atoms with E-state index in [1.54, 1.807) is 36.4 Å². The van der Waals surface area contributed by atoms with E-state index in [1.807, 2.05) is 75.4 Å². The summed E-state index contributed by atoms with van der Waals surface area (Å²) in [4.78, 5) is 29.9. The molecular weight excluding hydrogens is 606 g/mol. The lowest BCUT2D eigenvalue weighted by molar-refractivity contribution is -0.140. The fourth-order valence-electron chi connectivity index (χ4n) is 5.07. The minimum Gasteiger partial charge on any atom is -0.354 e. The average Bonchev–Trinajstić information content (AvgIpc) is 3.02. The van der Waals surface area contributed by atoms with Crippen molar-refractivity contribution in [3.8, 4) is 0 Å². The Kier molecular flexibility index (Phi) is 11.8. The van der Waals surface area contributed by atoms with Crippen LogP contribution in [0, 0.1) is 13.8 Å². The average molecular weight is 646 g/mol. The highest BCUT2D eigenvalue weighted by molar-refractivity contribution is 7.92. The van der Waals surface area contributed by atoms with Gasteiger partial charge in [0.1, 0.15) is 12.6 Å². The van der Waals surface area contributed by atoms with E-state index >= 15 is 0 Å². The topological polar surface area (TPSA) is 86.8 Å². The third-order valence-corrected chi connectivity index (χ3v) is 9.64. The van der Waals surface area contributed by atoms with Gasteiger partial charge < -0.3 is 10.2 Å². The van der Waals surface area contributed by atoms with Gasteiger partial charge in [-0.2, -0.15) is 0 Å². The number of aryl methyl sites for hydroxylation is 2. The van der Waals surface area contributed by atoms with Crippen molar-refractivity contribution in [2.24, 2.45) is 0 Å². The summed E-state index contributed by atoms with van der Waals surface area (Å²) >= 11 is 6.54. The molecule has 0 aliphatic carbocycles. The molecule has 4 rings (SSSR count). The maximum Gasteiger partial charge on any atom is 0.264 e. The number of unbranched alkanes of at least 4 members (excludes halogenated alkanes) is 1. The Morgan fingerprint density at radius 3 is 2.16 bits per heavy atom. The lowest BCUT2D eigenvalue weighted by Crippen LogP contribution is -2.53. The van der Waals surface area contributed by atoms with E-state index in [9.17, 15) is 18.0 Å². The highest BCUT2D eigenvalue weighted by Crippen LogP contribution is 2.31. The molecule has 0 radical (unpaired) electrons. The number of carbonyl (C=O) groups is 2. The Morgan fingerprint density at radius 2 is 1.49 bits per heavy atom. The monoisotopic (exact) mass is 645 g/mol. The van der Waals surface area contributed by atoms with E-state index in [0.29, 0.717) is 6.54 Å².